The van der Waals surface area contributed by atoms with E-state index in [1.807, 2.05) is 75.4 Å². The first-order valence-corrected chi connectivity index (χ1v) is 13.1. The summed E-state index contributed by atoms with van der Waals surface area (Å²) in [5, 5.41) is 12.2. The third kappa shape index (κ3) is 5.91. The first kappa shape index (κ1) is 27.4. The number of ether oxygens (including phenoxy) is 1. The van der Waals surface area contributed by atoms with E-state index in [-0.39, 0.29) is 6.54 Å². The van der Waals surface area contributed by atoms with Crippen molar-refractivity contribution in [2.75, 3.05) is 12.0 Å². The van der Waals surface area contributed by atoms with E-state index in [1.54, 1.807) is 30.5 Å². The number of hydrogen-bond donors (Lipinski definition) is 1. The number of nitrogens with one attached hydrogen (secondary N) is 1. The lowest BCUT2D eigenvalue weighted by Crippen LogP contribution is -2.50. The zero-order chi connectivity index (χ0) is 29.1. The maximum atomic E-state index is 14.3. The van der Waals surface area contributed by atoms with Crippen molar-refractivity contribution in [3.05, 3.63) is 96.2 Å². The second-order valence-electron chi connectivity index (χ2n) is 10.6. The summed E-state index contributed by atoms with van der Waals surface area (Å²) in [6.07, 6.45) is 1.58. The minimum atomic E-state index is -1.09. The molecule has 0 saturated carbocycles. The van der Waals surface area contributed by atoms with Crippen molar-refractivity contribution < 1.29 is 19.1 Å². The van der Waals surface area contributed by atoms with E-state index in [4.69, 9.17) is 4.74 Å². The molecule has 0 aliphatic heterocycles. The lowest BCUT2D eigenvalue weighted by molar-refractivity contribution is -0.128. The van der Waals surface area contributed by atoms with Crippen molar-refractivity contribution >= 4 is 45.4 Å². The number of esters is 1. The number of para-hydroxylation sites is 2. The molecule has 5 rings (SSSR count). The molecule has 0 fully saturated rings. The standard InChI is InChI=1S/C31H30N6O4/c1-31(2,3)33-29(39)28(20-13-15-21(16-14-20)30(40)41-4)37(23-17-22-9-5-6-10-24(22)32-18-23)27(38)19-36-26-12-8-7-11-25(26)34-35-36/h5-18,28H,19H2,1-4H3,(H,33,39). The van der Waals surface area contributed by atoms with Gasteiger partial charge in [0, 0.05) is 10.9 Å². The van der Waals surface area contributed by atoms with E-state index in [0.717, 1.165) is 10.9 Å². The zero-order valence-corrected chi connectivity index (χ0v) is 23.2. The van der Waals surface area contributed by atoms with Gasteiger partial charge in [-0.2, -0.15) is 0 Å². The number of fused-ring (bicyclic) bond motifs is 2. The van der Waals surface area contributed by atoms with E-state index in [0.29, 0.717) is 27.8 Å². The van der Waals surface area contributed by atoms with Crippen LogP contribution in [0.3, 0.4) is 0 Å². The number of benzene rings is 3. The van der Waals surface area contributed by atoms with E-state index < -0.39 is 29.4 Å². The number of rotatable bonds is 7. The van der Waals surface area contributed by atoms with Crippen LogP contribution in [0.4, 0.5) is 5.69 Å². The quantitative estimate of drug-likeness (QED) is 0.297. The molecule has 3 aromatic carbocycles. The summed E-state index contributed by atoms with van der Waals surface area (Å²) < 4.78 is 6.35. The van der Waals surface area contributed by atoms with Gasteiger partial charge in [0.25, 0.3) is 0 Å². The largest absolute Gasteiger partial charge is 0.465 e. The molecule has 2 amide bonds. The third-order valence-electron chi connectivity index (χ3n) is 6.48. The fourth-order valence-corrected chi connectivity index (χ4v) is 4.64. The number of nitrogens with zero attached hydrogens (tertiary/aromatic N) is 5. The van der Waals surface area contributed by atoms with Crippen molar-refractivity contribution in [3.8, 4) is 0 Å². The van der Waals surface area contributed by atoms with Crippen molar-refractivity contribution in [1.29, 1.82) is 0 Å². The predicted molar refractivity (Wildman–Crippen MR) is 155 cm³/mol. The summed E-state index contributed by atoms with van der Waals surface area (Å²) in [5.41, 5.74) is 2.78. The molecule has 1 atom stereocenters. The van der Waals surface area contributed by atoms with E-state index in [9.17, 15) is 14.4 Å². The van der Waals surface area contributed by atoms with Gasteiger partial charge in [-0.15, -0.1) is 5.10 Å². The molecule has 1 unspecified atom stereocenters. The van der Waals surface area contributed by atoms with Crippen LogP contribution in [0.5, 0.6) is 0 Å². The molecule has 0 spiro atoms. The van der Waals surface area contributed by atoms with Crippen molar-refractivity contribution in [1.82, 2.24) is 25.3 Å². The third-order valence-corrected chi connectivity index (χ3v) is 6.48. The van der Waals surface area contributed by atoms with Crippen LogP contribution in [0.2, 0.25) is 0 Å². The van der Waals surface area contributed by atoms with Gasteiger partial charge >= 0.3 is 5.97 Å². The van der Waals surface area contributed by atoms with Crippen LogP contribution in [0.15, 0.2) is 85.1 Å². The Morgan fingerprint density at radius 1 is 0.951 bits per heavy atom. The Kier molecular flexibility index (Phi) is 7.47. The molecule has 10 nitrogen and oxygen atoms in total. The number of carbonyl (C=O) groups excluding carboxylic acids is 3. The van der Waals surface area contributed by atoms with Crippen LogP contribution in [0, 0.1) is 0 Å². The summed E-state index contributed by atoms with van der Waals surface area (Å²) in [7, 11) is 1.30. The van der Waals surface area contributed by atoms with Gasteiger partial charge < -0.3 is 10.1 Å². The Morgan fingerprint density at radius 2 is 1.63 bits per heavy atom. The van der Waals surface area contributed by atoms with Crippen LogP contribution < -0.4 is 10.2 Å². The van der Waals surface area contributed by atoms with Crippen molar-refractivity contribution in [3.63, 3.8) is 0 Å². The summed E-state index contributed by atoms with van der Waals surface area (Å²) in [4.78, 5) is 46.3. The highest BCUT2D eigenvalue weighted by Crippen LogP contribution is 2.31. The second-order valence-corrected chi connectivity index (χ2v) is 10.6. The van der Waals surface area contributed by atoms with Gasteiger partial charge in [0.1, 0.15) is 18.1 Å². The SMILES string of the molecule is COC(=O)c1ccc(C(C(=O)NC(C)(C)C)N(C(=O)Cn2nnc3ccccc32)c2cnc3ccccc3c2)cc1. The first-order valence-electron chi connectivity index (χ1n) is 13.1. The highest BCUT2D eigenvalue weighted by molar-refractivity contribution is 6.03. The summed E-state index contributed by atoms with van der Waals surface area (Å²) >= 11 is 0. The summed E-state index contributed by atoms with van der Waals surface area (Å²) in [5.74, 6) is -1.30. The average molecular weight is 551 g/mol. The van der Waals surface area contributed by atoms with Gasteiger partial charge in [-0.25, -0.2) is 9.48 Å². The van der Waals surface area contributed by atoms with Crippen LogP contribution >= 0.6 is 0 Å². The Labute approximate surface area is 236 Å². The molecule has 0 bridgehead atoms. The minimum Gasteiger partial charge on any atom is -0.465 e. The molecular weight excluding hydrogens is 520 g/mol. The van der Waals surface area contributed by atoms with Gasteiger partial charge in [0.2, 0.25) is 11.8 Å². The van der Waals surface area contributed by atoms with Gasteiger partial charge in [0.05, 0.1) is 35.6 Å². The number of pyridine rings is 1. The molecule has 208 valence electrons. The highest BCUT2D eigenvalue weighted by Gasteiger charge is 2.35. The number of anilines is 1. The van der Waals surface area contributed by atoms with Crippen LogP contribution in [-0.4, -0.2) is 50.4 Å². The summed E-state index contributed by atoms with van der Waals surface area (Å²) in [6.45, 7) is 5.43. The Hall–Kier alpha value is -5.12. The van der Waals surface area contributed by atoms with E-state index >= 15 is 0 Å². The van der Waals surface area contributed by atoms with E-state index in [1.165, 1.54) is 16.7 Å². The topological polar surface area (TPSA) is 119 Å². The Balaban J connectivity index is 1.65. The number of amides is 2. The molecule has 0 radical (unpaired) electrons. The lowest BCUT2D eigenvalue weighted by atomic mass is 9.99. The number of carbonyl (C=O) groups is 3. The molecule has 0 saturated heterocycles. The Bertz CT molecular complexity index is 1740. The zero-order valence-electron chi connectivity index (χ0n) is 23.2. The molecule has 1 N–H and O–H groups in total. The predicted octanol–water partition coefficient (Wildman–Crippen LogP) is 4.46. The molecule has 0 aliphatic rings. The minimum absolute atomic E-state index is 0.174. The molecule has 10 heteroatoms. The number of aromatic nitrogens is 4. The van der Waals surface area contributed by atoms with Crippen molar-refractivity contribution in [2.45, 2.75) is 38.9 Å². The average Bonchev–Trinajstić information content (AvgIpc) is 3.36. The van der Waals surface area contributed by atoms with Crippen LogP contribution in [-0.2, 0) is 20.9 Å². The fourth-order valence-electron chi connectivity index (χ4n) is 4.64. The summed E-state index contributed by atoms with van der Waals surface area (Å²) in [6, 6.07) is 22.1. The normalized spacial score (nSPS) is 12.2. The molecule has 2 aromatic heterocycles. The highest BCUT2D eigenvalue weighted by atomic mass is 16.5. The Morgan fingerprint density at radius 3 is 2.34 bits per heavy atom. The van der Waals surface area contributed by atoms with E-state index in [2.05, 4.69) is 20.6 Å². The molecule has 5 aromatic rings. The lowest BCUT2D eigenvalue weighted by Gasteiger charge is -2.33. The maximum Gasteiger partial charge on any atom is 0.337 e. The van der Waals surface area contributed by atoms with Gasteiger partial charge in [-0.1, -0.05) is 47.7 Å². The first-order chi connectivity index (χ1) is 19.6. The molecule has 2 heterocycles. The van der Waals surface area contributed by atoms with Gasteiger partial charge in [0.15, 0.2) is 0 Å². The smallest absolute Gasteiger partial charge is 0.337 e. The number of hydrogen-bond acceptors (Lipinski definition) is 7. The second kappa shape index (κ2) is 11.2. The van der Waals surface area contributed by atoms with Crippen LogP contribution in [0.25, 0.3) is 21.9 Å². The number of methoxy groups -OCH3 is 1. The van der Waals surface area contributed by atoms with Gasteiger partial charge in [-0.05, 0) is 62.7 Å². The molecule has 0 aliphatic carbocycles. The monoisotopic (exact) mass is 550 g/mol. The van der Waals surface area contributed by atoms with Crippen LogP contribution in [0.1, 0.15) is 42.7 Å². The fraction of sp³-hybridized carbons (Fsp3) is 0.226. The molecular formula is C31H30N6O4. The van der Waals surface area contributed by atoms with Crippen molar-refractivity contribution in [2.24, 2.45) is 0 Å². The van der Waals surface area contributed by atoms with Gasteiger partial charge in [-0.3, -0.25) is 19.5 Å². The molecule has 41 heavy (non-hydrogen) atoms. The maximum absolute atomic E-state index is 14.3.